The van der Waals surface area contributed by atoms with Crippen molar-refractivity contribution in [2.45, 2.75) is 12.6 Å². The predicted octanol–water partition coefficient (Wildman–Crippen LogP) is 3.87. The van der Waals surface area contributed by atoms with E-state index < -0.39 is 6.10 Å². The van der Waals surface area contributed by atoms with Gasteiger partial charge in [-0.15, -0.1) is 11.3 Å². The van der Waals surface area contributed by atoms with Crippen LogP contribution in [0.1, 0.15) is 11.7 Å². The molecule has 1 N–H and O–H groups in total. The monoisotopic (exact) mass is 378 g/mol. The summed E-state index contributed by atoms with van der Waals surface area (Å²) in [5.41, 5.74) is 2.31. The van der Waals surface area contributed by atoms with Crippen molar-refractivity contribution >= 4 is 21.6 Å². The molecule has 0 unspecified atom stereocenters. The maximum absolute atomic E-state index is 12.8. The Morgan fingerprint density at radius 3 is 2.59 bits per heavy atom. The van der Waals surface area contributed by atoms with Crippen LogP contribution in [-0.2, 0) is 6.54 Å². The first-order chi connectivity index (χ1) is 13.2. The number of rotatable bonds is 5. The van der Waals surface area contributed by atoms with E-state index in [1.54, 1.807) is 7.11 Å². The van der Waals surface area contributed by atoms with Gasteiger partial charge in [0.25, 0.3) is 5.56 Å². The van der Waals surface area contributed by atoms with Crippen LogP contribution in [0.2, 0.25) is 0 Å². The van der Waals surface area contributed by atoms with Crippen LogP contribution < -0.4 is 10.3 Å². The lowest BCUT2D eigenvalue weighted by Gasteiger charge is -2.12. The molecule has 0 aliphatic heterocycles. The highest BCUT2D eigenvalue weighted by Crippen LogP contribution is 2.31. The zero-order valence-corrected chi connectivity index (χ0v) is 15.5. The third-order valence-corrected chi connectivity index (χ3v) is 5.59. The largest absolute Gasteiger partial charge is 0.497 e. The van der Waals surface area contributed by atoms with Crippen molar-refractivity contribution in [3.05, 3.63) is 82.9 Å². The van der Waals surface area contributed by atoms with Gasteiger partial charge in [-0.25, -0.2) is 4.98 Å². The first-order valence-electron chi connectivity index (χ1n) is 8.52. The minimum Gasteiger partial charge on any atom is -0.497 e. The Labute approximate surface area is 160 Å². The van der Waals surface area contributed by atoms with E-state index in [1.165, 1.54) is 22.2 Å². The average molecular weight is 378 g/mol. The van der Waals surface area contributed by atoms with Crippen LogP contribution in [0.3, 0.4) is 0 Å². The first-order valence-corrected chi connectivity index (χ1v) is 9.34. The van der Waals surface area contributed by atoms with E-state index in [2.05, 4.69) is 4.98 Å². The Bertz CT molecular complexity index is 1120. The summed E-state index contributed by atoms with van der Waals surface area (Å²) in [6.07, 6.45) is 0.741. The van der Waals surface area contributed by atoms with Crippen LogP contribution in [0.4, 0.5) is 0 Å². The fourth-order valence-electron chi connectivity index (χ4n) is 2.94. The minimum atomic E-state index is -0.760. The molecule has 0 radical (unpaired) electrons. The third-order valence-electron chi connectivity index (χ3n) is 4.43. The Balaban J connectivity index is 1.66. The molecule has 27 heavy (non-hydrogen) atoms. The highest BCUT2D eigenvalue weighted by Gasteiger charge is 2.14. The molecule has 0 saturated carbocycles. The molecule has 5 nitrogen and oxygen atoms in total. The molecule has 2 heterocycles. The normalized spacial score (nSPS) is 12.2. The Hall–Kier alpha value is -2.96. The lowest BCUT2D eigenvalue weighted by atomic mass is 10.1. The molecule has 0 aliphatic carbocycles. The van der Waals surface area contributed by atoms with Crippen LogP contribution in [0.25, 0.3) is 20.7 Å². The fourth-order valence-corrected chi connectivity index (χ4v) is 4.00. The molecule has 2 aromatic heterocycles. The summed E-state index contributed by atoms with van der Waals surface area (Å²) < 4.78 is 7.24. The molecular formula is C21H18N2O3S. The number of benzene rings is 2. The Kier molecular flexibility index (Phi) is 4.75. The minimum absolute atomic E-state index is 0.139. The van der Waals surface area contributed by atoms with Gasteiger partial charge in [0.1, 0.15) is 10.4 Å². The first kappa shape index (κ1) is 17.5. The van der Waals surface area contributed by atoms with E-state index in [9.17, 15) is 9.90 Å². The molecule has 0 bridgehead atoms. The zero-order valence-electron chi connectivity index (χ0n) is 14.7. The van der Waals surface area contributed by atoms with E-state index >= 15 is 0 Å². The quantitative estimate of drug-likeness (QED) is 0.573. The lowest BCUT2D eigenvalue weighted by Crippen LogP contribution is -2.23. The second-order valence-corrected chi connectivity index (χ2v) is 7.23. The van der Waals surface area contributed by atoms with E-state index in [0.717, 1.165) is 21.8 Å². The second kappa shape index (κ2) is 7.34. The van der Waals surface area contributed by atoms with Crippen molar-refractivity contribution in [2.24, 2.45) is 0 Å². The third kappa shape index (κ3) is 3.49. The van der Waals surface area contributed by atoms with Gasteiger partial charge in [0.2, 0.25) is 0 Å². The second-order valence-electron chi connectivity index (χ2n) is 6.18. The summed E-state index contributed by atoms with van der Waals surface area (Å²) in [5.74, 6) is 0.787. The topological polar surface area (TPSA) is 64.3 Å². The molecule has 0 fully saturated rings. The van der Waals surface area contributed by atoms with E-state index in [-0.39, 0.29) is 12.1 Å². The van der Waals surface area contributed by atoms with Gasteiger partial charge in [0.05, 0.1) is 31.6 Å². The molecule has 4 rings (SSSR count). The van der Waals surface area contributed by atoms with Gasteiger partial charge in [0, 0.05) is 4.88 Å². The number of aliphatic hydroxyl groups excluding tert-OH is 1. The molecule has 2 aromatic carbocycles. The number of ether oxygens (including phenoxy) is 1. The van der Waals surface area contributed by atoms with Crippen molar-refractivity contribution in [3.63, 3.8) is 0 Å². The number of nitrogens with zero attached hydrogens (tertiary/aromatic N) is 2. The summed E-state index contributed by atoms with van der Waals surface area (Å²) in [7, 11) is 1.63. The van der Waals surface area contributed by atoms with Crippen molar-refractivity contribution in [1.82, 2.24) is 9.55 Å². The van der Waals surface area contributed by atoms with Crippen LogP contribution in [0.15, 0.2) is 71.8 Å². The Morgan fingerprint density at radius 1 is 1.15 bits per heavy atom. The average Bonchev–Trinajstić information content (AvgIpc) is 3.16. The molecule has 1 atom stereocenters. The molecule has 0 spiro atoms. The zero-order chi connectivity index (χ0) is 18.8. The number of aromatic nitrogens is 2. The van der Waals surface area contributed by atoms with Gasteiger partial charge in [-0.1, -0.05) is 30.3 Å². The van der Waals surface area contributed by atoms with Gasteiger partial charge in [-0.3, -0.25) is 9.36 Å². The van der Waals surface area contributed by atoms with E-state index in [4.69, 9.17) is 4.74 Å². The van der Waals surface area contributed by atoms with Crippen LogP contribution in [0, 0.1) is 0 Å². The van der Waals surface area contributed by atoms with Crippen LogP contribution in [-0.4, -0.2) is 21.8 Å². The number of aliphatic hydroxyl groups is 1. The standard InChI is InChI=1S/C21H18N2O3S/c1-26-16-9-7-15(8-10-16)19-11-17-20(27-19)21(25)23(13-22-17)12-18(24)14-5-3-2-4-6-14/h2-11,13,18,24H,12H2,1H3/t18-/m1/s1. The summed E-state index contributed by atoms with van der Waals surface area (Å²) in [4.78, 5) is 18.2. The van der Waals surface area contributed by atoms with Gasteiger partial charge in [0.15, 0.2) is 0 Å². The van der Waals surface area contributed by atoms with Crippen molar-refractivity contribution in [3.8, 4) is 16.2 Å². The maximum Gasteiger partial charge on any atom is 0.271 e. The fraction of sp³-hybridized carbons (Fsp3) is 0.143. The van der Waals surface area contributed by atoms with Crippen molar-refractivity contribution in [2.75, 3.05) is 7.11 Å². The smallest absolute Gasteiger partial charge is 0.271 e. The van der Waals surface area contributed by atoms with Gasteiger partial charge >= 0.3 is 0 Å². The number of hydrogen-bond acceptors (Lipinski definition) is 5. The van der Waals surface area contributed by atoms with Gasteiger partial charge in [-0.05, 0) is 41.5 Å². The summed E-state index contributed by atoms with van der Waals surface area (Å²) in [6.45, 7) is 0.168. The van der Waals surface area contributed by atoms with Gasteiger partial charge in [-0.2, -0.15) is 0 Å². The maximum atomic E-state index is 12.8. The molecule has 6 heteroatoms. The van der Waals surface area contributed by atoms with E-state index in [1.807, 2.05) is 60.7 Å². The van der Waals surface area contributed by atoms with Crippen molar-refractivity contribution in [1.29, 1.82) is 0 Å². The van der Waals surface area contributed by atoms with Crippen LogP contribution >= 0.6 is 11.3 Å². The molecule has 136 valence electrons. The summed E-state index contributed by atoms with van der Waals surface area (Å²) in [5, 5.41) is 10.4. The Morgan fingerprint density at radius 2 is 1.89 bits per heavy atom. The summed E-state index contributed by atoms with van der Waals surface area (Å²) in [6, 6.07) is 18.9. The molecule has 0 aliphatic rings. The SMILES string of the molecule is COc1ccc(-c2cc3ncn(C[C@@H](O)c4ccccc4)c(=O)c3s2)cc1. The molecule has 4 aromatic rings. The van der Waals surface area contributed by atoms with Crippen LogP contribution in [0.5, 0.6) is 5.75 Å². The van der Waals surface area contributed by atoms with Gasteiger partial charge < -0.3 is 9.84 Å². The lowest BCUT2D eigenvalue weighted by molar-refractivity contribution is 0.155. The van der Waals surface area contributed by atoms with E-state index in [0.29, 0.717) is 10.2 Å². The number of thiophene rings is 1. The number of hydrogen-bond donors (Lipinski definition) is 1. The molecule has 0 saturated heterocycles. The van der Waals surface area contributed by atoms with Crippen molar-refractivity contribution < 1.29 is 9.84 Å². The highest BCUT2D eigenvalue weighted by atomic mass is 32.1. The summed E-state index contributed by atoms with van der Waals surface area (Å²) >= 11 is 1.41. The number of fused-ring (bicyclic) bond motifs is 1. The molecular weight excluding hydrogens is 360 g/mol. The number of methoxy groups -OCH3 is 1. The highest BCUT2D eigenvalue weighted by molar-refractivity contribution is 7.22. The molecule has 0 amide bonds. The predicted molar refractivity (Wildman–Crippen MR) is 107 cm³/mol.